The van der Waals surface area contributed by atoms with Gasteiger partial charge < -0.3 is 0 Å². The molecule has 0 bridgehead atoms. The molecule has 0 aliphatic carbocycles. The minimum Gasteiger partial charge on any atom is -0.278 e. The van der Waals surface area contributed by atoms with Gasteiger partial charge in [-0.3, -0.25) is 4.57 Å². The van der Waals surface area contributed by atoms with Gasteiger partial charge in [0.15, 0.2) is 8.07 Å². The molecule has 2 heterocycles. The summed E-state index contributed by atoms with van der Waals surface area (Å²) in [6.07, 6.45) is 3.61. The first-order valence-electron chi connectivity index (χ1n) is 14.9. The van der Waals surface area contributed by atoms with Gasteiger partial charge in [-0.05, 0) is 50.1 Å². The molecule has 0 aliphatic rings. The Morgan fingerprint density at radius 2 is 0.886 bits per heavy atom. The second-order valence-electron chi connectivity index (χ2n) is 11.1. The lowest BCUT2D eigenvalue weighted by Gasteiger charge is -2.34. The second-order valence-corrected chi connectivity index (χ2v) is 14.9. The molecule has 44 heavy (non-hydrogen) atoms. The summed E-state index contributed by atoms with van der Waals surface area (Å²) in [4.78, 5) is 9.26. The molecule has 0 saturated heterocycles. The molecule has 0 atom stereocenters. The molecule has 0 aliphatic heterocycles. The molecule has 208 valence electrons. The standard InChI is InChI=1S/C40H29N3Si/c1-4-13-30(14-5-1)31-21-23-34(24-22-31)44(32-15-6-2-7-16-32,33-17-8-3-9-18-33)35-25-26-39-37(29-35)36-19-10-11-20-38(36)43(39)40-41-27-12-28-42-40/h1-29H. The summed E-state index contributed by atoms with van der Waals surface area (Å²) in [7, 11) is -2.74. The van der Waals surface area contributed by atoms with Crippen molar-refractivity contribution in [3.8, 4) is 17.1 Å². The van der Waals surface area contributed by atoms with E-state index in [1.165, 1.54) is 42.6 Å². The van der Waals surface area contributed by atoms with E-state index in [0.717, 1.165) is 11.0 Å². The van der Waals surface area contributed by atoms with E-state index in [0.29, 0.717) is 5.95 Å². The third-order valence-corrected chi connectivity index (χ3v) is 13.5. The molecule has 8 aromatic rings. The van der Waals surface area contributed by atoms with Gasteiger partial charge in [-0.2, -0.15) is 0 Å². The van der Waals surface area contributed by atoms with E-state index in [2.05, 4.69) is 172 Å². The van der Waals surface area contributed by atoms with Crippen molar-refractivity contribution in [2.75, 3.05) is 0 Å². The van der Waals surface area contributed by atoms with Crippen LogP contribution in [0.5, 0.6) is 0 Å². The fraction of sp³-hybridized carbons (Fsp3) is 0. The van der Waals surface area contributed by atoms with Crippen molar-refractivity contribution in [1.82, 2.24) is 14.5 Å². The molecule has 6 aromatic carbocycles. The van der Waals surface area contributed by atoms with Crippen LogP contribution >= 0.6 is 0 Å². The first-order chi connectivity index (χ1) is 21.8. The molecule has 8 rings (SSSR count). The van der Waals surface area contributed by atoms with E-state index in [9.17, 15) is 0 Å². The van der Waals surface area contributed by atoms with Crippen LogP contribution in [-0.4, -0.2) is 22.6 Å². The molecule has 0 unspecified atom stereocenters. The maximum absolute atomic E-state index is 4.63. The van der Waals surface area contributed by atoms with Crippen LogP contribution in [0.1, 0.15) is 0 Å². The van der Waals surface area contributed by atoms with Crippen LogP contribution in [0, 0.1) is 0 Å². The number of rotatable bonds is 6. The highest BCUT2D eigenvalue weighted by molar-refractivity contribution is 7.20. The molecule has 0 N–H and O–H groups in total. The minimum atomic E-state index is -2.74. The molecule has 0 saturated carbocycles. The third kappa shape index (κ3) is 4.19. The zero-order chi connectivity index (χ0) is 29.3. The summed E-state index contributed by atoms with van der Waals surface area (Å²) in [5, 5.41) is 7.80. The Morgan fingerprint density at radius 1 is 0.386 bits per heavy atom. The monoisotopic (exact) mass is 579 g/mol. The second kappa shape index (κ2) is 10.9. The SMILES string of the molecule is c1ccc(-c2ccc([Si](c3ccccc3)(c3ccccc3)c3ccc4c(c3)c3ccccc3n4-c3ncccn3)cc2)cc1. The Balaban J connectivity index is 1.44. The maximum Gasteiger partial charge on any atom is 0.234 e. The van der Waals surface area contributed by atoms with E-state index in [-0.39, 0.29) is 0 Å². The lowest BCUT2D eigenvalue weighted by Crippen LogP contribution is -2.74. The predicted octanol–water partition coefficient (Wildman–Crippen LogP) is 6.62. The molecule has 0 amide bonds. The van der Waals surface area contributed by atoms with Gasteiger partial charge in [0.25, 0.3) is 0 Å². The van der Waals surface area contributed by atoms with Crippen LogP contribution in [0.25, 0.3) is 38.9 Å². The molecule has 4 heteroatoms. The zero-order valence-electron chi connectivity index (χ0n) is 24.1. The highest BCUT2D eigenvalue weighted by Gasteiger charge is 2.41. The van der Waals surface area contributed by atoms with Gasteiger partial charge in [0.1, 0.15) is 0 Å². The predicted molar refractivity (Wildman–Crippen MR) is 185 cm³/mol. The number of hydrogen-bond acceptors (Lipinski definition) is 2. The van der Waals surface area contributed by atoms with Crippen molar-refractivity contribution >= 4 is 50.6 Å². The Hall–Kier alpha value is -5.58. The topological polar surface area (TPSA) is 30.7 Å². The summed E-state index contributed by atoms with van der Waals surface area (Å²) in [6.45, 7) is 0. The van der Waals surface area contributed by atoms with E-state index < -0.39 is 8.07 Å². The van der Waals surface area contributed by atoms with E-state index in [4.69, 9.17) is 0 Å². The van der Waals surface area contributed by atoms with Crippen LogP contribution in [-0.2, 0) is 0 Å². The normalized spacial score (nSPS) is 11.6. The first kappa shape index (κ1) is 26.1. The van der Waals surface area contributed by atoms with Crippen LogP contribution < -0.4 is 20.7 Å². The number of aromatic nitrogens is 3. The molecule has 3 nitrogen and oxygen atoms in total. The van der Waals surface area contributed by atoms with Crippen LogP contribution in [0.15, 0.2) is 176 Å². The average Bonchev–Trinajstić information content (AvgIpc) is 3.44. The molecule has 0 spiro atoms. The van der Waals surface area contributed by atoms with Gasteiger partial charge in [0.05, 0.1) is 11.0 Å². The van der Waals surface area contributed by atoms with Gasteiger partial charge >= 0.3 is 0 Å². The Kier molecular flexibility index (Phi) is 6.47. The first-order valence-corrected chi connectivity index (χ1v) is 16.9. The van der Waals surface area contributed by atoms with Crippen molar-refractivity contribution in [1.29, 1.82) is 0 Å². The van der Waals surface area contributed by atoms with Gasteiger partial charge in [-0.25, -0.2) is 9.97 Å². The van der Waals surface area contributed by atoms with Gasteiger partial charge in [0.2, 0.25) is 5.95 Å². The number of benzene rings is 6. The van der Waals surface area contributed by atoms with Gasteiger partial charge in [-0.15, -0.1) is 0 Å². The smallest absolute Gasteiger partial charge is 0.234 e. The number of para-hydroxylation sites is 1. The Bertz CT molecular complexity index is 2150. The quantitative estimate of drug-likeness (QED) is 0.164. The van der Waals surface area contributed by atoms with E-state index in [1.54, 1.807) is 12.4 Å². The Morgan fingerprint density at radius 3 is 1.55 bits per heavy atom. The maximum atomic E-state index is 4.63. The van der Waals surface area contributed by atoms with E-state index in [1.807, 2.05) is 6.07 Å². The lowest BCUT2D eigenvalue weighted by molar-refractivity contribution is 0.988. The molecule has 2 aromatic heterocycles. The van der Waals surface area contributed by atoms with Crippen molar-refractivity contribution in [2.24, 2.45) is 0 Å². The Labute approximate surface area is 257 Å². The number of nitrogens with zero attached hydrogens (tertiary/aromatic N) is 3. The van der Waals surface area contributed by atoms with Crippen molar-refractivity contribution in [3.63, 3.8) is 0 Å². The largest absolute Gasteiger partial charge is 0.278 e. The molecule has 0 radical (unpaired) electrons. The third-order valence-electron chi connectivity index (χ3n) is 8.70. The number of fused-ring (bicyclic) bond motifs is 3. The van der Waals surface area contributed by atoms with Crippen molar-refractivity contribution in [2.45, 2.75) is 0 Å². The fourth-order valence-corrected chi connectivity index (χ4v) is 11.5. The summed E-state index contributed by atoms with van der Waals surface area (Å²) in [6, 6.07) is 59.6. The van der Waals surface area contributed by atoms with Crippen LogP contribution in [0.3, 0.4) is 0 Å². The lowest BCUT2D eigenvalue weighted by atomic mass is 10.1. The fourth-order valence-electron chi connectivity index (χ4n) is 6.75. The average molecular weight is 580 g/mol. The molecular formula is C40H29N3Si. The van der Waals surface area contributed by atoms with Gasteiger partial charge in [-0.1, -0.05) is 146 Å². The summed E-state index contributed by atoms with van der Waals surface area (Å²) in [5.41, 5.74) is 4.65. The molecule has 0 fully saturated rings. The van der Waals surface area contributed by atoms with E-state index >= 15 is 0 Å². The zero-order valence-corrected chi connectivity index (χ0v) is 25.1. The van der Waals surface area contributed by atoms with Crippen molar-refractivity contribution < 1.29 is 0 Å². The summed E-state index contributed by atoms with van der Waals surface area (Å²) in [5.74, 6) is 0.678. The van der Waals surface area contributed by atoms with Crippen LogP contribution in [0.4, 0.5) is 0 Å². The summed E-state index contributed by atoms with van der Waals surface area (Å²) < 4.78 is 2.18. The number of hydrogen-bond donors (Lipinski definition) is 0. The highest BCUT2D eigenvalue weighted by atomic mass is 28.3. The van der Waals surface area contributed by atoms with Crippen LogP contribution in [0.2, 0.25) is 0 Å². The minimum absolute atomic E-state index is 0.678. The summed E-state index contributed by atoms with van der Waals surface area (Å²) >= 11 is 0. The highest BCUT2D eigenvalue weighted by Crippen LogP contribution is 2.31. The van der Waals surface area contributed by atoms with Gasteiger partial charge in [0, 0.05) is 23.2 Å². The van der Waals surface area contributed by atoms with Crippen molar-refractivity contribution in [3.05, 3.63) is 176 Å². The molecular weight excluding hydrogens is 551 g/mol.